The van der Waals surface area contributed by atoms with Crippen LogP contribution in [0.2, 0.25) is 0 Å². The molecular weight excluding hydrogens is 268 g/mol. The van der Waals surface area contributed by atoms with Crippen LogP contribution in [0.3, 0.4) is 0 Å². The molecule has 0 saturated carbocycles. The van der Waals surface area contributed by atoms with Gasteiger partial charge in [0.1, 0.15) is 0 Å². The molecule has 50 valence electrons. The van der Waals surface area contributed by atoms with Crippen LogP contribution in [0.15, 0.2) is 14.3 Å². The molecule has 0 atom stereocenters. The Morgan fingerprint density at radius 1 is 1.56 bits per heavy atom. The topological polar surface area (TPSA) is 20.2 Å². The minimum absolute atomic E-state index is 0.108. The molecule has 0 saturated heterocycles. The van der Waals surface area contributed by atoms with Crippen molar-refractivity contribution < 1.29 is 5.11 Å². The van der Waals surface area contributed by atoms with Gasteiger partial charge in [-0.1, -0.05) is 0 Å². The second kappa shape index (κ2) is 3.14. The molecule has 1 aromatic heterocycles. The number of halogens is 2. The third-order valence-corrected chi connectivity index (χ3v) is 3.46. The second-order valence-corrected chi connectivity index (χ2v) is 4.85. The van der Waals surface area contributed by atoms with E-state index in [1.165, 1.54) is 11.3 Å². The summed E-state index contributed by atoms with van der Waals surface area (Å²) < 4.78 is 2.01. The predicted molar refractivity (Wildman–Crippen MR) is 45.6 cm³/mol. The average Bonchev–Trinajstić information content (AvgIpc) is 2.10. The maximum absolute atomic E-state index is 8.69. The van der Waals surface area contributed by atoms with E-state index in [0.29, 0.717) is 0 Å². The van der Waals surface area contributed by atoms with Gasteiger partial charge in [-0.05, 0) is 37.9 Å². The van der Waals surface area contributed by atoms with Gasteiger partial charge in [-0.25, -0.2) is 0 Å². The van der Waals surface area contributed by atoms with Crippen LogP contribution < -0.4 is 0 Å². The van der Waals surface area contributed by atoms with Gasteiger partial charge in [0.2, 0.25) is 0 Å². The van der Waals surface area contributed by atoms with Gasteiger partial charge in [0, 0.05) is 9.35 Å². The summed E-state index contributed by atoms with van der Waals surface area (Å²) >= 11 is 8.13. The first-order chi connectivity index (χ1) is 4.24. The standard InChI is InChI=1S/C5H4Br2OS/c6-3-1-5(7)9-4(3)2-8/h1,8H,2H2. The minimum Gasteiger partial charge on any atom is -0.391 e. The third-order valence-electron chi connectivity index (χ3n) is 0.871. The Morgan fingerprint density at radius 3 is 2.44 bits per heavy atom. The lowest BCUT2D eigenvalue weighted by molar-refractivity contribution is 0.285. The SMILES string of the molecule is OCc1sc(Br)cc1Br. The number of aliphatic hydroxyl groups excluding tert-OH is 1. The highest BCUT2D eigenvalue weighted by Gasteiger charge is 2.01. The zero-order valence-corrected chi connectivity index (χ0v) is 8.38. The van der Waals surface area contributed by atoms with Gasteiger partial charge in [0.25, 0.3) is 0 Å². The van der Waals surface area contributed by atoms with E-state index in [0.717, 1.165) is 13.1 Å². The molecule has 0 aliphatic heterocycles. The average molecular weight is 272 g/mol. The van der Waals surface area contributed by atoms with Gasteiger partial charge in [-0.15, -0.1) is 11.3 Å². The maximum Gasteiger partial charge on any atom is 0.0786 e. The Kier molecular flexibility index (Phi) is 2.70. The van der Waals surface area contributed by atoms with Crippen LogP contribution in [0.4, 0.5) is 0 Å². The molecule has 1 aromatic rings. The number of aliphatic hydroxyl groups is 1. The van der Waals surface area contributed by atoms with Crippen LogP contribution >= 0.6 is 43.2 Å². The monoisotopic (exact) mass is 270 g/mol. The van der Waals surface area contributed by atoms with Crippen LogP contribution in [-0.4, -0.2) is 5.11 Å². The van der Waals surface area contributed by atoms with E-state index in [1.54, 1.807) is 0 Å². The first kappa shape index (κ1) is 7.72. The smallest absolute Gasteiger partial charge is 0.0786 e. The molecule has 0 bridgehead atoms. The minimum atomic E-state index is 0.108. The largest absolute Gasteiger partial charge is 0.391 e. The Labute approximate surface area is 74.0 Å². The number of hydrogen-bond donors (Lipinski definition) is 1. The van der Waals surface area contributed by atoms with E-state index in [2.05, 4.69) is 31.9 Å². The Bertz CT molecular complexity index is 209. The highest BCUT2D eigenvalue weighted by atomic mass is 79.9. The Morgan fingerprint density at radius 2 is 2.22 bits per heavy atom. The quantitative estimate of drug-likeness (QED) is 0.833. The van der Waals surface area contributed by atoms with Gasteiger partial charge in [-0.2, -0.15) is 0 Å². The van der Waals surface area contributed by atoms with Crippen molar-refractivity contribution in [1.29, 1.82) is 0 Å². The van der Waals surface area contributed by atoms with Crippen LogP contribution in [0.25, 0.3) is 0 Å². The molecule has 0 aliphatic carbocycles. The molecule has 0 aromatic carbocycles. The molecule has 9 heavy (non-hydrogen) atoms. The zero-order chi connectivity index (χ0) is 6.85. The van der Waals surface area contributed by atoms with Gasteiger partial charge in [0.05, 0.1) is 10.4 Å². The molecule has 1 nitrogen and oxygen atoms in total. The number of thiophene rings is 1. The van der Waals surface area contributed by atoms with Crippen molar-refractivity contribution in [3.05, 3.63) is 19.2 Å². The molecule has 1 heterocycles. The molecule has 1 rings (SSSR count). The summed E-state index contributed by atoms with van der Waals surface area (Å²) in [4.78, 5) is 0.960. The molecule has 0 aliphatic rings. The van der Waals surface area contributed by atoms with Crippen LogP contribution in [0.5, 0.6) is 0 Å². The highest BCUT2D eigenvalue weighted by molar-refractivity contribution is 9.11. The fraction of sp³-hybridized carbons (Fsp3) is 0.200. The highest BCUT2D eigenvalue weighted by Crippen LogP contribution is 2.30. The van der Waals surface area contributed by atoms with Crippen molar-refractivity contribution >= 4 is 43.2 Å². The molecule has 1 N–H and O–H groups in total. The summed E-state index contributed by atoms with van der Waals surface area (Å²) in [6.45, 7) is 0.108. The van der Waals surface area contributed by atoms with Crippen LogP contribution in [0, 0.1) is 0 Å². The van der Waals surface area contributed by atoms with Gasteiger partial charge in [-0.3, -0.25) is 0 Å². The molecule has 0 radical (unpaired) electrons. The number of rotatable bonds is 1. The summed E-state index contributed by atoms with van der Waals surface area (Å²) in [6.07, 6.45) is 0. The van der Waals surface area contributed by atoms with Crippen molar-refractivity contribution in [3.63, 3.8) is 0 Å². The van der Waals surface area contributed by atoms with Crippen molar-refractivity contribution in [2.45, 2.75) is 6.61 Å². The summed E-state index contributed by atoms with van der Waals surface area (Å²) in [5, 5.41) is 8.69. The Hall–Kier alpha value is 0.620. The second-order valence-electron chi connectivity index (χ2n) is 1.48. The van der Waals surface area contributed by atoms with Crippen molar-refractivity contribution in [2.75, 3.05) is 0 Å². The van der Waals surface area contributed by atoms with Gasteiger partial charge < -0.3 is 5.11 Å². The van der Waals surface area contributed by atoms with Gasteiger partial charge >= 0.3 is 0 Å². The van der Waals surface area contributed by atoms with E-state index >= 15 is 0 Å². The summed E-state index contributed by atoms with van der Waals surface area (Å²) in [7, 11) is 0. The lowest BCUT2D eigenvalue weighted by atomic mass is 10.5. The third kappa shape index (κ3) is 1.77. The summed E-state index contributed by atoms with van der Waals surface area (Å²) in [5.41, 5.74) is 0. The van der Waals surface area contributed by atoms with Crippen molar-refractivity contribution in [2.24, 2.45) is 0 Å². The fourth-order valence-electron chi connectivity index (χ4n) is 0.484. The fourth-order valence-corrected chi connectivity index (χ4v) is 2.99. The van der Waals surface area contributed by atoms with Crippen LogP contribution in [-0.2, 0) is 6.61 Å². The van der Waals surface area contributed by atoms with Crippen LogP contribution in [0.1, 0.15) is 4.88 Å². The van der Waals surface area contributed by atoms with E-state index in [1.807, 2.05) is 6.07 Å². The normalized spacial score (nSPS) is 10.1. The maximum atomic E-state index is 8.69. The van der Waals surface area contributed by atoms with Crippen molar-refractivity contribution in [1.82, 2.24) is 0 Å². The van der Waals surface area contributed by atoms with E-state index < -0.39 is 0 Å². The molecule has 4 heteroatoms. The molecule has 0 fully saturated rings. The molecule has 0 spiro atoms. The zero-order valence-electron chi connectivity index (χ0n) is 4.40. The molecular formula is C5H4Br2OS. The van der Waals surface area contributed by atoms with Gasteiger partial charge in [0.15, 0.2) is 0 Å². The lowest BCUT2D eigenvalue weighted by Crippen LogP contribution is -1.73. The van der Waals surface area contributed by atoms with E-state index in [-0.39, 0.29) is 6.61 Å². The number of hydrogen-bond acceptors (Lipinski definition) is 2. The van der Waals surface area contributed by atoms with E-state index in [4.69, 9.17) is 5.11 Å². The Balaban J connectivity index is 3.01. The predicted octanol–water partition coefficient (Wildman–Crippen LogP) is 2.77. The first-order valence-corrected chi connectivity index (χ1v) is 4.69. The lowest BCUT2D eigenvalue weighted by Gasteiger charge is -1.85. The molecule has 0 amide bonds. The van der Waals surface area contributed by atoms with E-state index in [9.17, 15) is 0 Å². The summed E-state index contributed by atoms with van der Waals surface area (Å²) in [6, 6.07) is 1.93. The summed E-state index contributed by atoms with van der Waals surface area (Å²) in [5.74, 6) is 0. The molecule has 0 unspecified atom stereocenters. The van der Waals surface area contributed by atoms with Crippen molar-refractivity contribution in [3.8, 4) is 0 Å². The first-order valence-electron chi connectivity index (χ1n) is 2.28.